The minimum Gasteiger partial charge on any atom is -0.390 e. The van der Waals surface area contributed by atoms with Crippen molar-refractivity contribution in [3.05, 3.63) is 0 Å². The molecule has 0 spiro atoms. The first-order valence-electron chi connectivity index (χ1n) is 14.0. The maximum absolute atomic E-state index is 2.77. The second kappa shape index (κ2) is 32.1. The molecule has 0 aromatic rings. The average molecular weight is 951 g/mol. The molecule has 0 saturated carbocycles. The molecule has 0 radical (unpaired) electrons. The Morgan fingerprint density at radius 2 is 0.875 bits per heavy atom. The largest absolute Gasteiger partial charge is 0.390 e. The lowest BCUT2D eigenvalue weighted by atomic mass is 10.9. The number of nitrogens with zero attached hydrogens (tertiary/aromatic N) is 12. The Kier molecular flexibility index (Phi) is 41.2. The summed E-state index contributed by atoms with van der Waals surface area (Å²) in [5.41, 5.74) is 0. The van der Waals surface area contributed by atoms with E-state index in [0.29, 0.717) is 6.29 Å². The predicted molar refractivity (Wildman–Crippen MR) is 270 cm³/mol. The minimum absolute atomic E-state index is 0.0823. The van der Waals surface area contributed by atoms with E-state index in [4.69, 9.17) is 0 Å². The van der Waals surface area contributed by atoms with Gasteiger partial charge in [-0.1, -0.05) is 0 Å². The van der Waals surface area contributed by atoms with Crippen LogP contribution in [-0.2, 0) is 0 Å². The molecule has 0 aromatic carbocycles. The lowest BCUT2D eigenvalue weighted by molar-refractivity contribution is 0.210. The van der Waals surface area contributed by atoms with Gasteiger partial charge in [0.1, 0.15) is 19.7 Å². The molecule has 1 saturated heterocycles. The summed E-state index contributed by atoms with van der Waals surface area (Å²) >= 11 is 0. The summed E-state index contributed by atoms with van der Waals surface area (Å²) in [7, 11) is 31.7. The third kappa shape index (κ3) is 44.6. The molecular formula is C5H76N12Si23. The minimum atomic E-state index is 0.0823. The normalized spacial score (nSPS) is 19.7. The summed E-state index contributed by atoms with van der Waals surface area (Å²) < 4.78 is 31.2. The summed E-state index contributed by atoms with van der Waals surface area (Å²) in [5, 5.41) is 0. The van der Waals surface area contributed by atoms with E-state index in [1.54, 1.807) is 0 Å². The van der Waals surface area contributed by atoms with E-state index in [1.165, 1.54) is 177 Å². The van der Waals surface area contributed by atoms with Crippen LogP contribution in [0.4, 0.5) is 0 Å². The molecule has 1 fully saturated rings. The molecule has 0 aromatic heterocycles. The van der Waals surface area contributed by atoms with Crippen molar-refractivity contribution in [2.75, 3.05) is 28.2 Å². The molecule has 0 amide bonds. The van der Waals surface area contributed by atoms with Gasteiger partial charge >= 0.3 is 0 Å². The van der Waals surface area contributed by atoms with Gasteiger partial charge in [0.25, 0.3) is 0 Å². The third-order valence-electron chi connectivity index (χ3n) is 4.45. The van der Waals surface area contributed by atoms with Gasteiger partial charge in [-0.15, -0.1) is 0 Å². The zero-order chi connectivity index (χ0) is 32.7. The predicted octanol–water partition coefficient (Wildman–Crippen LogP) is -28.9. The van der Waals surface area contributed by atoms with Crippen molar-refractivity contribution < 1.29 is 0 Å². The first-order chi connectivity index (χ1) is 18.0. The summed E-state index contributed by atoms with van der Waals surface area (Å²) in [4.78, 5) is 0. The number of rotatable bonds is 9. The second-order valence-electron chi connectivity index (χ2n) is 13.2. The van der Waals surface area contributed by atoms with Gasteiger partial charge in [0.15, 0.2) is 39.4 Å². The Balaban J connectivity index is -0.000000208. The molecule has 0 aliphatic carbocycles. The van der Waals surface area contributed by atoms with Crippen molar-refractivity contribution in [3.63, 3.8) is 0 Å². The van der Waals surface area contributed by atoms with Crippen LogP contribution < -0.4 is 0 Å². The summed E-state index contributed by atoms with van der Waals surface area (Å²) in [6.45, 7) is 0. The van der Waals surface area contributed by atoms with Crippen molar-refractivity contribution in [3.8, 4) is 0 Å². The zero-order valence-corrected chi connectivity index (χ0v) is 73.7. The van der Waals surface area contributed by atoms with Gasteiger partial charge in [-0.05, 0) is 28.2 Å². The van der Waals surface area contributed by atoms with E-state index >= 15 is 0 Å². The molecule has 1 rings (SSSR count). The molecule has 0 atom stereocenters. The third-order valence-corrected chi connectivity index (χ3v) is 27.9. The van der Waals surface area contributed by atoms with E-state index in [-0.39, 0.29) is 59.1 Å². The topological polar surface area (TPSA) is 38.9 Å². The van der Waals surface area contributed by atoms with Crippen LogP contribution >= 0.6 is 0 Å². The van der Waals surface area contributed by atoms with Crippen molar-refractivity contribution in [2.24, 2.45) is 0 Å². The molecule has 1 aliphatic rings. The molecule has 40 heavy (non-hydrogen) atoms. The molecule has 12 nitrogen and oxygen atoms in total. The molecule has 1 heterocycles. The zero-order valence-electron chi connectivity index (χ0n) is 31.2. The summed E-state index contributed by atoms with van der Waals surface area (Å²) in [5.74, 6) is 0. The van der Waals surface area contributed by atoms with Gasteiger partial charge in [-0.3, -0.25) is 0 Å². The van der Waals surface area contributed by atoms with E-state index in [9.17, 15) is 0 Å². The van der Waals surface area contributed by atoms with E-state index in [2.05, 4.69) is 77.3 Å². The molecule has 35 heteroatoms. The molecule has 0 bridgehead atoms. The fourth-order valence-corrected chi connectivity index (χ4v) is 67.9. The first-order valence-corrected chi connectivity index (χ1v) is 36.8. The van der Waals surface area contributed by atoms with E-state index in [1.807, 2.05) is 0 Å². The first kappa shape index (κ1) is 51.3. The lowest BCUT2D eigenvalue weighted by Gasteiger charge is -2.37. The van der Waals surface area contributed by atoms with Crippen LogP contribution in [0.1, 0.15) is 0 Å². The highest BCUT2D eigenvalue weighted by atomic mass is 28.4. The highest BCUT2D eigenvalue weighted by molar-refractivity contribution is 6.74. The van der Waals surface area contributed by atoms with Gasteiger partial charge in [0.2, 0.25) is 0 Å². The van der Waals surface area contributed by atoms with Gasteiger partial charge in [-0.2, -0.15) is 0 Å². The van der Waals surface area contributed by atoms with Crippen LogP contribution in [0, 0.1) is 0 Å². The highest BCUT2D eigenvalue weighted by Crippen LogP contribution is 1.95. The molecule has 0 N–H and O–H groups in total. The van der Waals surface area contributed by atoms with Gasteiger partial charge in [0.05, 0.1) is 183 Å². The Morgan fingerprint density at radius 3 is 1.02 bits per heavy atom. The van der Waals surface area contributed by atoms with Crippen molar-refractivity contribution in [2.45, 2.75) is 6.29 Å². The van der Waals surface area contributed by atoms with Crippen LogP contribution in [0.5, 0.6) is 0 Å². The smallest absolute Gasteiger partial charge is 0.153 e. The molecular weight excluding hydrogens is 874 g/mol. The van der Waals surface area contributed by atoms with Crippen LogP contribution in [0.3, 0.4) is 0 Å². The standard InChI is InChI=1S/C2H19N3Si5.CH19N3Si6.CH15N3Si5.CH14N2Si4.H9NSi3/c1-3(6)2(4(7)8)5(9)10;1-2(5)9-4(8)10-3(6)7;1-2-7-3(5)9-4(6)8-2;1-2(4)7-3(5)6;2-1(3)4/h2H,1,6-10H3;9-10H2,1,5-8H3;7-9H2,1,5-6H3;7H2,1,4-6H3;2-4H3. The Bertz CT molecular complexity index is 470. The van der Waals surface area contributed by atoms with Gasteiger partial charge in [0, 0.05) is 0 Å². The molecule has 0 unspecified atom stereocenters. The van der Waals surface area contributed by atoms with Crippen molar-refractivity contribution in [1.29, 1.82) is 0 Å². The van der Waals surface area contributed by atoms with Crippen LogP contribution in [0.2, 0.25) is 0 Å². The van der Waals surface area contributed by atoms with Gasteiger partial charge < -0.3 is 49.1 Å². The Hall–Kier alpha value is 4.51. The number of hydrogen-bond donors (Lipinski definition) is 0. The fraction of sp³-hybridized carbons (Fsp3) is 1.00. The summed E-state index contributed by atoms with van der Waals surface area (Å²) in [6, 6.07) is 0. The quantitative estimate of drug-likeness (QED) is 0.163. The SMILES string of the molecule is CN([SiH3])C(N([SiH3])[SiH3])N([SiH3])[SiH3].CN([SiH3])[SiH2]N([SiH3])[SiH2]N([SiH3])[SiH3].CN([SiH3])[SiH2]N([SiH3])[SiH3].CN1[SiH2]N([SiH3])[SiH2]N([SiH3])[SiH2]1.[SiH3]N([SiH3])[SiH3]. The van der Waals surface area contributed by atoms with Gasteiger partial charge in [-0.25, -0.2) is 0 Å². The second-order valence-corrected chi connectivity index (χ2v) is 85.2. The summed E-state index contributed by atoms with van der Waals surface area (Å²) in [6.07, 6.45) is 0.698. The van der Waals surface area contributed by atoms with Crippen molar-refractivity contribution >= 4 is 236 Å². The molecule has 248 valence electrons. The van der Waals surface area contributed by atoms with E-state index in [0.717, 1.165) is 0 Å². The van der Waals surface area contributed by atoms with Crippen LogP contribution in [0.15, 0.2) is 0 Å². The number of hydrogen-bond acceptors (Lipinski definition) is 12. The maximum atomic E-state index is 2.77. The lowest BCUT2D eigenvalue weighted by Crippen LogP contribution is -2.58. The monoisotopic (exact) mass is 948 g/mol. The van der Waals surface area contributed by atoms with Crippen LogP contribution in [0.25, 0.3) is 0 Å². The Labute approximate surface area is 316 Å². The van der Waals surface area contributed by atoms with E-state index < -0.39 is 0 Å². The highest BCUT2D eigenvalue weighted by Gasteiger charge is 2.15. The fourth-order valence-electron chi connectivity index (χ4n) is 4.33. The maximum Gasteiger partial charge on any atom is 0.153 e. The van der Waals surface area contributed by atoms with Crippen molar-refractivity contribution in [1.82, 2.24) is 49.1 Å². The Morgan fingerprint density at radius 1 is 0.550 bits per heavy atom. The molecule has 1 aliphatic heterocycles. The average Bonchev–Trinajstić information content (AvgIpc) is 2.64. The van der Waals surface area contributed by atoms with Crippen LogP contribution in [-0.4, -0.2) is 320 Å².